The van der Waals surface area contributed by atoms with Crippen LogP contribution in [0.25, 0.3) is 0 Å². The molecule has 3 aromatic carbocycles. The van der Waals surface area contributed by atoms with E-state index in [1.54, 1.807) is 6.07 Å². The van der Waals surface area contributed by atoms with Crippen molar-refractivity contribution in [2.24, 2.45) is 0 Å². The van der Waals surface area contributed by atoms with E-state index in [1.807, 2.05) is 74.5 Å². The molecule has 5 heteroatoms. The monoisotopic (exact) mass is 400 g/mol. The maximum atomic E-state index is 12.7. The first-order valence-electron chi connectivity index (χ1n) is 9.82. The number of rotatable bonds is 8. The fourth-order valence-corrected chi connectivity index (χ4v) is 3.03. The molecule has 0 aliphatic carbocycles. The normalized spacial score (nSPS) is 10.2. The summed E-state index contributed by atoms with van der Waals surface area (Å²) in [7, 11) is 0. The van der Waals surface area contributed by atoms with Gasteiger partial charge in [-0.25, -0.2) is 0 Å². The number of ether oxygens (including phenoxy) is 2. The van der Waals surface area contributed by atoms with Crippen molar-refractivity contribution < 1.29 is 14.3 Å². The van der Waals surface area contributed by atoms with E-state index >= 15 is 0 Å². The number of carbonyl (C=O) groups excluding carboxylic acids is 1. The Morgan fingerprint density at radius 1 is 1.03 bits per heavy atom. The molecule has 0 unspecified atom stereocenters. The minimum Gasteiger partial charge on any atom is -0.494 e. The highest BCUT2D eigenvalue weighted by Gasteiger charge is 2.11. The molecule has 30 heavy (non-hydrogen) atoms. The number of amides is 1. The molecule has 0 bridgehead atoms. The van der Waals surface area contributed by atoms with Gasteiger partial charge in [-0.15, -0.1) is 0 Å². The average molecular weight is 400 g/mol. The Bertz CT molecular complexity index is 1050. The predicted octanol–water partition coefficient (Wildman–Crippen LogP) is 5.29. The summed E-state index contributed by atoms with van der Waals surface area (Å²) in [6.45, 7) is 4.75. The van der Waals surface area contributed by atoms with Crippen molar-refractivity contribution in [1.29, 1.82) is 5.26 Å². The lowest BCUT2D eigenvalue weighted by Crippen LogP contribution is -2.14. The molecule has 5 nitrogen and oxygen atoms in total. The Kier molecular flexibility index (Phi) is 7.07. The molecule has 3 rings (SSSR count). The lowest BCUT2D eigenvalue weighted by Gasteiger charge is -2.13. The highest BCUT2D eigenvalue weighted by molar-refractivity contribution is 6.04. The molecule has 1 N–H and O–H groups in total. The van der Waals surface area contributed by atoms with E-state index in [-0.39, 0.29) is 5.91 Å². The number of hydrogen-bond donors (Lipinski definition) is 1. The van der Waals surface area contributed by atoms with Gasteiger partial charge in [0.25, 0.3) is 5.91 Å². The van der Waals surface area contributed by atoms with Crippen LogP contribution >= 0.6 is 0 Å². The summed E-state index contributed by atoms with van der Waals surface area (Å²) in [5.41, 5.74) is 4.01. The second kappa shape index (κ2) is 10.1. The molecule has 1 amide bonds. The lowest BCUT2D eigenvalue weighted by molar-refractivity contribution is 0.102. The minimum atomic E-state index is -0.186. The van der Waals surface area contributed by atoms with Crippen LogP contribution in [-0.2, 0) is 13.0 Å². The third kappa shape index (κ3) is 5.39. The first kappa shape index (κ1) is 20.9. The molecule has 0 atom stereocenters. The summed E-state index contributed by atoms with van der Waals surface area (Å²) < 4.78 is 11.4. The molecule has 0 aliphatic heterocycles. The number of nitrogens with zero attached hydrogens (tertiary/aromatic N) is 1. The Labute approximate surface area is 176 Å². The number of carbonyl (C=O) groups is 1. The maximum Gasteiger partial charge on any atom is 0.255 e. The van der Waals surface area contributed by atoms with Crippen LogP contribution in [0.15, 0.2) is 66.7 Å². The predicted molar refractivity (Wildman–Crippen MR) is 117 cm³/mol. The van der Waals surface area contributed by atoms with Gasteiger partial charge in [0, 0.05) is 16.8 Å². The summed E-state index contributed by atoms with van der Waals surface area (Å²) in [6.07, 6.45) is 0.375. The molecular weight excluding hydrogens is 376 g/mol. The number of nitrogens with one attached hydrogen (secondary N) is 1. The number of anilines is 1. The Balaban J connectivity index is 1.68. The first-order valence-corrected chi connectivity index (χ1v) is 9.82. The van der Waals surface area contributed by atoms with E-state index in [0.29, 0.717) is 36.6 Å². The van der Waals surface area contributed by atoms with Crippen molar-refractivity contribution in [2.45, 2.75) is 26.9 Å². The van der Waals surface area contributed by atoms with E-state index in [2.05, 4.69) is 11.4 Å². The number of nitriles is 1. The second-order valence-corrected chi connectivity index (χ2v) is 6.79. The summed E-state index contributed by atoms with van der Waals surface area (Å²) >= 11 is 0. The fourth-order valence-electron chi connectivity index (χ4n) is 3.03. The highest BCUT2D eigenvalue weighted by Crippen LogP contribution is 2.22. The quantitative estimate of drug-likeness (QED) is 0.558. The van der Waals surface area contributed by atoms with Crippen molar-refractivity contribution in [2.75, 3.05) is 11.9 Å². The molecule has 0 heterocycles. The topological polar surface area (TPSA) is 71.3 Å². The van der Waals surface area contributed by atoms with Gasteiger partial charge in [-0.05, 0) is 61.4 Å². The second-order valence-electron chi connectivity index (χ2n) is 6.79. The van der Waals surface area contributed by atoms with E-state index in [4.69, 9.17) is 14.7 Å². The summed E-state index contributed by atoms with van der Waals surface area (Å²) in [6, 6.07) is 22.5. The van der Waals surface area contributed by atoms with Gasteiger partial charge in [0.1, 0.15) is 18.1 Å². The van der Waals surface area contributed by atoms with Crippen LogP contribution < -0.4 is 14.8 Å². The van der Waals surface area contributed by atoms with Crippen molar-refractivity contribution >= 4 is 11.6 Å². The van der Waals surface area contributed by atoms with Gasteiger partial charge in [-0.2, -0.15) is 5.26 Å². The third-order valence-electron chi connectivity index (χ3n) is 4.60. The van der Waals surface area contributed by atoms with Crippen LogP contribution in [-0.4, -0.2) is 12.5 Å². The van der Waals surface area contributed by atoms with Gasteiger partial charge in [0.15, 0.2) is 0 Å². The summed E-state index contributed by atoms with van der Waals surface area (Å²) in [5.74, 6) is 1.30. The minimum absolute atomic E-state index is 0.186. The Hall–Kier alpha value is -3.78. The Morgan fingerprint density at radius 3 is 2.50 bits per heavy atom. The first-order chi connectivity index (χ1) is 14.6. The maximum absolute atomic E-state index is 12.7. The van der Waals surface area contributed by atoms with Crippen molar-refractivity contribution in [3.05, 3.63) is 89.0 Å². The van der Waals surface area contributed by atoms with Gasteiger partial charge in [0.05, 0.1) is 19.1 Å². The lowest BCUT2D eigenvalue weighted by atomic mass is 10.1. The highest BCUT2D eigenvalue weighted by atomic mass is 16.5. The SMILES string of the molecule is CCOc1ccc(C(=O)Nc2ccccc2COc2ccc(CC#N)cc2)cc1C. The van der Waals surface area contributed by atoms with Crippen LogP contribution in [0.2, 0.25) is 0 Å². The number of hydrogen-bond acceptors (Lipinski definition) is 4. The molecule has 152 valence electrons. The zero-order chi connectivity index (χ0) is 21.3. The van der Waals surface area contributed by atoms with E-state index in [0.717, 1.165) is 22.4 Å². The number of aryl methyl sites for hydroxylation is 1. The van der Waals surface area contributed by atoms with Crippen LogP contribution in [0.3, 0.4) is 0 Å². The van der Waals surface area contributed by atoms with Crippen molar-refractivity contribution in [3.63, 3.8) is 0 Å². The van der Waals surface area contributed by atoms with Crippen molar-refractivity contribution in [3.8, 4) is 17.6 Å². The van der Waals surface area contributed by atoms with Gasteiger partial charge < -0.3 is 14.8 Å². The molecular formula is C25H24N2O3. The van der Waals surface area contributed by atoms with Gasteiger partial charge in [0.2, 0.25) is 0 Å². The standard InChI is InChI=1S/C25H24N2O3/c1-3-29-24-13-10-20(16-18(24)2)25(28)27-23-7-5-4-6-21(23)17-30-22-11-8-19(9-12-22)14-15-26/h4-13,16H,3,14,17H2,1-2H3,(H,27,28). The van der Waals surface area contributed by atoms with Crippen LogP contribution in [0, 0.1) is 18.3 Å². The van der Waals surface area contributed by atoms with E-state index < -0.39 is 0 Å². The molecule has 0 spiro atoms. The molecule has 0 aliphatic rings. The van der Waals surface area contributed by atoms with Gasteiger partial charge >= 0.3 is 0 Å². The van der Waals surface area contributed by atoms with E-state index in [1.165, 1.54) is 0 Å². The summed E-state index contributed by atoms with van der Waals surface area (Å²) in [5, 5.41) is 11.7. The smallest absolute Gasteiger partial charge is 0.255 e. The molecule has 0 radical (unpaired) electrons. The van der Waals surface area contributed by atoms with Crippen molar-refractivity contribution in [1.82, 2.24) is 0 Å². The summed E-state index contributed by atoms with van der Waals surface area (Å²) in [4.78, 5) is 12.7. The number of para-hydroxylation sites is 1. The van der Waals surface area contributed by atoms with Crippen LogP contribution in [0.1, 0.15) is 34.0 Å². The molecule has 0 saturated carbocycles. The molecule has 0 saturated heterocycles. The Morgan fingerprint density at radius 2 is 1.80 bits per heavy atom. The molecule has 0 fully saturated rings. The number of benzene rings is 3. The zero-order valence-corrected chi connectivity index (χ0v) is 17.1. The van der Waals surface area contributed by atoms with Gasteiger partial charge in [-0.1, -0.05) is 30.3 Å². The fraction of sp³-hybridized carbons (Fsp3) is 0.200. The zero-order valence-electron chi connectivity index (χ0n) is 17.1. The third-order valence-corrected chi connectivity index (χ3v) is 4.60. The average Bonchev–Trinajstić information content (AvgIpc) is 2.76. The van der Waals surface area contributed by atoms with Crippen LogP contribution in [0.4, 0.5) is 5.69 Å². The van der Waals surface area contributed by atoms with Crippen LogP contribution in [0.5, 0.6) is 11.5 Å². The largest absolute Gasteiger partial charge is 0.494 e. The molecule has 0 aromatic heterocycles. The van der Waals surface area contributed by atoms with Gasteiger partial charge in [-0.3, -0.25) is 4.79 Å². The van der Waals surface area contributed by atoms with E-state index in [9.17, 15) is 4.79 Å². The molecule has 3 aromatic rings.